The van der Waals surface area contributed by atoms with Crippen LogP contribution in [0.1, 0.15) is 15.9 Å². The molecule has 6 heteroatoms. The topological polar surface area (TPSA) is 61.8 Å². The molecule has 1 aliphatic heterocycles. The second kappa shape index (κ2) is 7.72. The van der Waals surface area contributed by atoms with Gasteiger partial charge in [0, 0.05) is 11.0 Å². The summed E-state index contributed by atoms with van der Waals surface area (Å²) in [5.74, 6) is 1.44. The molecule has 0 aromatic heterocycles. The van der Waals surface area contributed by atoms with Crippen molar-refractivity contribution in [1.82, 2.24) is 0 Å². The Kier molecular flexibility index (Phi) is 5.11. The third-order valence-electron chi connectivity index (χ3n) is 5.06. The first-order valence-electron chi connectivity index (χ1n) is 9.07. The van der Waals surface area contributed by atoms with Gasteiger partial charge in [-0.2, -0.15) is 0 Å². The number of methoxy groups -OCH3 is 2. The fourth-order valence-corrected chi connectivity index (χ4v) is 5.06. The molecule has 0 radical (unpaired) electrons. The highest BCUT2D eigenvalue weighted by Crippen LogP contribution is 2.43. The van der Waals surface area contributed by atoms with Crippen molar-refractivity contribution in [3.05, 3.63) is 83.9 Å². The summed E-state index contributed by atoms with van der Waals surface area (Å²) in [6.45, 7) is -0.0418. The molecular formula is C23H20O5S. The van der Waals surface area contributed by atoms with Gasteiger partial charge in [0.1, 0.15) is 23.9 Å². The third-order valence-corrected chi connectivity index (χ3v) is 6.93. The Hall–Kier alpha value is -3.12. The third kappa shape index (κ3) is 3.19. The zero-order chi connectivity index (χ0) is 20.4. The number of hydrogen-bond donors (Lipinski definition) is 0. The first-order valence-corrected chi connectivity index (χ1v) is 10.2. The van der Waals surface area contributed by atoms with Crippen molar-refractivity contribution in [2.45, 2.75) is 9.64 Å². The van der Waals surface area contributed by atoms with Crippen LogP contribution in [0, 0.1) is 0 Å². The number of carbonyl (C=O) groups excluding carboxylic acids is 1. The molecule has 0 fully saturated rings. The lowest BCUT2D eigenvalue weighted by molar-refractivity contribution is 0.0862. The monoisotopic (exact) mass is 408 g/mol. The number of Topliss-reactive ketones (excluding diaryl/α,β-unsaturated/α-hetero) is 1. The predicted octanol–water partition coefficient (Wildman–Crippen LogP) is 3.98. The molecule has 0 saturated heterocycles. The van der Waals surface area contributed by atoms with Gasteiger partial charge in [0.15, 0.2) is 10.5 Å². The minimum absolute atomic E-state index is 0.0418. The summed E-state index contributed by atoms with van der Waals surface area (Å²) < 4.78 is 28.9. The quantitative estimate of drug-likeness (QED) is 0.639. The summed E-state index contributed by atoms with van der Waals surface area (Å²) in [6.07, 6.45) is 0. The maximum Gasteiger partial charge on any atom is 0.193 e. The molecule has 29 heavy (non-hydrogen) atoms. The molecule has 0 N–H and O–H groups in total. The fourth-order valence-electron chi connectivity index (χ4n) is 3.46. The van der Waals surface area contributed by atoms with Gasteiger partial charge in [-0.05, 0) is 42.0 Å². The van der Waals surface area contributed by atoms with Crippen LogP contribution in [0.25, 0.3) is 0 Å². The van der Waals surface area contributed by atoms with E-state index in [1.165, 1.54) is 0 Å². The highest BCUT2D eigenvalue weighted by atomic mass is 32.2. The summed E-state index contributed by atoms with van der Waals surface area (Å²) in [5, 5.41) is 0. The van der Waals surface area contributed by atoms with E-state index in [0.717, 1.165) is 0 Å². The smallest absolute Gasteiger partial charge is 0.193 e. The Labute approximate surface area is 171 Å². The highest BCUT2D eigenvalue weighted by Gasteiger charge is 2.51. The van der Waals surface area contributed by atoms with E-state index >= 15 is 0 Å². The second-order valence-electron chi connectivity index (χ2n) is 6.62. The number of carbonyl (C=O) groups is 1. The zero-order valence-corrected chi connectivity index (χ0v) is 16.9. The average molecular weight is 408 g/mol. The maximum absolute atomic E-state index is 13.8. The molecule has 2 atom stereocenters. The van der Waals surface area contributed by atoms with Crippen LogP contribution in [-0.2, 0) is 15.5 Å². The van der Waals surface area contributed by atoms with Crippen molar-refractivity contribution in [2.24, 2.45) is 0 Å². The Bertz CT molecular complexity index is 1060. The minimum atomic E-state index is -1.68. The van der Waals surface area contributed by atoms with Crippen molar-refractivity contribution in [2.75, 3.05) is 20.8 Å². The van der Waals surface area contributed by atoms with Gasteiger partial charge in [-0.15, -0.1) is 0 Å². The van der Waals surface area contributed by atoms with Crippen LogP contribution in [0.15, 0.2) is 77.7 Å². The molecule has 0 amide bonds. The van der Waals surface area contributed by atoms with Gasteiger partial charge >= 0.3 is 0 Å². The first kappa shape index (κ1) is 19.2. The van der Waals surface area contributed by atoms with Crippen LogP contribution in [0.5, 0.6) is 17.2 Å². The van der Waals surface area contributed by atoms with E-state index in [-0.39, 0.29) is 12.4 Å². The van der Waals surface area contributed by atoms with Crippen molar-refractivity contribution in [3.8, 4) is 17.2 Å². The van der Waals surface area contributed by atoms with Gasteiger partial charge in [-0.1, -0.05) is 30.3 Å². The van der Waals surface area contributed by atoms with Crippen LogP contribution < -0.4 is 14.2 Å². The summed E-state index contributed by atoms with van der Waals surface area (Å²) >= 11 is 0. The van der Waals surface area contributed by atoms with E-state index in [2.05, 4.69) is 0 Å². The molecule has 2 unspecified atom stereocenters. The lowest BCUT2D eigenvalue weighted by atomic mass is 9.88. The van der Waals surface area contributed by atoms with Crippen LogP contribution in [-0.4, -0.2) is 30.8 Å². The predicted molar refractivity (Wildman–Crippen MR) is 110 cm³/mol. The number of benzene rings is 3. The van der Waals surface area contributed by atoms with Gasteiger partial charge in [0.05, 0.1) is 30.6 Å². The van der Waals surface area contributed by atoms with Crippen molar-refractivity contribution in [3.63, 3.8) is 0 Å². The number of rotatable bonds is 5. The molecule has 1 heterocycles. The van der Waals surface area contributed by atoms with E-state index in [1.54, 1.807) is 68.8 Å². The molecule has 0 spiro atoms. The van der Waals surface area contributed by atoms with E-state index in [0.29, 0.717) is 33.3 Å². The molecular weight excluding hydrogens is 388 g/mol. The largest absolute Gasteiger partial charge is 0.497 e. The molecule has 3 aromatic carbocycles. The Balaban J connectivity index is 1.89. The first-order chi connectivity index (χ1) is 14.1. The van der Waals surface area contributed by atoms with Gasteiger partial charge in [0.25, 0.3) is 0 Å². The van der Waals surface area contributed by atoms with E-state index in [1.807, 2.05) is 18.2 Å². The SMILES string of the molecule is COc1ccc(C2(S(=O)c3ccccc3)COc3cc(OC)ccc3C2=O)cc1. The second-order valence-corrected chi connectivity index (χ2v) is 8.32. The van der Waals surface area contributed by atoms with Crippen LogP contribution in [0.3, 0.4) is 0 Å². The minimum Gasteiger partial charge on any atom is -0.497 e. The number of ether oxygens (including phenoxy) is 3. The van der Waals surface area contributed by atoms with E-state index in [9.17, 15) is 9.00 Å². The van der Waals surface area contributed by atoms with Gasteiger partial charge < -0.3 is 14.2 Å². The lowest BCUT2D eigenvalue weighted by Gasteiger charge is -2.36. The number of hydrogen-bond acceptors (Lipinski definition) is 5. The standard InChI is InChI=1S/C23H20O5S/c1-26-17-10-8-16(9-11-17)23(29(25)19-6-4-3-5-7-19)15-28-21-14-18(27-2)12-13-20(21)22(23)24/h3-14H,15H2,1-2H3. The van der Waals surface area contributed by atoms with E-state index < -0.39 is 15.5 Å². The molecule has 1 aliphatic rings. The molecule has 148 valence electrons. The fraction of sp³-hybridized carbons (Fsp3) is 0.174. The Morgan fingerprint density at radius 1 is 0.897 bits per heavy atom. The summed E-state index contributed by atoms with van der Waals surface area (Å²) in [5.41, 5.74) is 1.00. The zero-order valence-electron chi connectivity index (χ0n) is 16.1. The van der Waals surface area contributed by atoms with Crippen molar-refractivity contribution in [1.29, 1.82) is 0 Å². The van der Waals surface area contributed by atoms with Crippen molar-refractivity contribution < 1.29 is 23.2 Å². The summed E-state index contributed by atoms with van der Waals surface area (Å²) in [4.78, 5) is 14.3. The number of ketones is 1. The normalized spacial score (nSPS) is 19.0. The van der Waals surface area contributed by atoms with Crippen molar-refractivity contribution >= 4 is 16.6 Å². The van der Waals surface area contributed by atoms with Gasteiger partial charge in [-0.25, -0.2) is 0 Å². The maximum atomic E-state index is 13.8. The lowest BCUT2D eigenvalue weighted by Crippen LogP contribution is -2.48. The van der Waals surface area contributed by atoms with Crippen LogP contribution in [0.4, 0.5) is 0 Å². The van der Waals surface area contributed by atoms with Gasteiger partial charge in [-0.3, -0.25) is 9.00 Å². The number of fused-ring (bicyclic) bond motifs is 1. The molecule has 4 rings (SSSR count). The van der Waals surface area contributed by atoms with Crippen LogP contribution >= 0.6 is 0 Å². The molecule has 3 aromatic rings. The van der Waals surface area contributed by atoms with Crippen LogP contribution in [0.2, 0.25) is 0 Å². The molecule has 5 nitrogen and oxygen atoms in total. The summed E-state index contributed by atoms with van der Waals surface area (Å²) in [6, 6.07) is 21.1. The highest BCUT2D eigenvalue weighted by molar-refractivity contribution is 7.87. The molecule has 0 saturated carbocycles. The Morgan fingerprint density at radius 3 is 2.21 bits per heavy atom. The van der Waals surface area contributed by atoms with E-state index in [4.69, 9.17) is 14.2 Å². The Morgan fingerprint density at radius 2 is 1.55 bits per heavy atom. The summed E-state index contributed by atoms with van der Waals surface area (Å²) in [7, 11) is 1.45. The molecule has 0 bridgehead atoms. The van der Waals surface area contributed by atoms with Gasteiger partial charge in [0.2, 0.25) is 0 Å². The molecule has 0 aliphatic carbocycles. The average Bonchev–Trinajstić information content (AvgIpc) is 2.79.